The minimum Gasteiger partial charge on any atom is -0.744 e. The molecule has 4 saturated heterocycles. The van der Waals surface area contributed by atoms with Crippen LogP contribution in [0.2, 0.25) is 0 Å². The van der Waals surface area contributed by atoms with Gasteiger partial charge in [0.15, 0.2) is 0 Å². The normalized spacial score (nSPS) is 29.2. The quantitative estimate of drug-likeness (QED) is 0.204. The molecule has 8 nitrogen and oxygen atoms in total. The fourth-order valence-electron chi connectivity index (χ4n) is 9.03. The van der Waals surface area contributed by atoms with Crippen LogP contribution < -0.4 is 4.18 Å². The second-order valence-corrected chi connectivity index (χ2v) is 16.9. The fourth-order valence-corrected chi connectivity index (χ4v) is 11.4. The molecule has 3 aromatic rings. The van der Waals surface area contributed by atoms with Crippen molar-refractivity contribution in [1.29, 1.82) is 0 Å². The molecule has 1 aliphatic carbocycles. The van der Waals surface area contributed by atoms with Gasteiger partial charge in [-0.05, 0) is 111 Å². The van der Waals surface area contributed by atoms with Crippen LogP contribution in [-0.2, 0) is 48.2 Å². The van der Waals surface area contributed by atoms with E-state index in [9.17, 15) is 13.0 Å². The maximum absolute atomic E-state index is 15.1. The summed E-state index contributed by atoms with van der Waals surface area (Å²) in [7, 11) is -9.26. The van der Waals surface area contributed by atoms with E-state index in [0.717, 1.165) is 67.7 Å². The van der Waals surface area contributed by atoms with Gasteiger partial charge in [-0.3, -0.25) is 0 Å². The highest BCUT2D eigenvalue weighted by Crippen LogP contribution is 2.57. The number of fused-ring (bicyclic) bond motifs is 6. The average molecular weight is 652 g/mol. The molecular formula is C35H39O8S2-. The molecule has 0 radical (unpaired) electrons. The van der Waals surface area contributed by atoms with Crippen LogP contribution in [-0.4, -0.2) is 39.7 Å². The monoisotopic (exact) mass is 651 g/mol. The highest BCUT2D eigenvalue weighted by atomic mass is 32.2. The summed E-state index contributed by atoms with van der Waals surface area (Å²) in [6.45, 7) is 3.71. The molecule has 4 fully saturated rings. The van der Waals surface area contributed by atoms with Gasteiger partial charge in [0.25, 0.3) is 0 Å². The third kappa shape index (κ3) is 4.77. The molecule has 5 aliphatic rings. The van der Waals surface area contributed by atoms with Crippen molar-refractivity contribution < 1.29 is 35.0 Å². The Morgan fingerprint density at radius 2 is 1.67 bits per heavy atom. The van der Waals surface area contributed by atoms with Crippen molar-refractivity contribution in [1.82, 2.24) is 0 Å². The maximum Gasteiger partial charge on any atom is 0.339 e. The Bertz CT molecular complexity index is 1920. The Labute approximate surface area is 265 Å². The van der Waals surface area contributed by atoms with Gasteiger partial charge in [-0.15, -0.1) is 0 Å². The molecule has 3 aromatic carbocycles. The van der Waals surface area contributed by atoms with E-state index >= 15 is 8.42 Å². The second kappa shape index (κ2) is 10.5. The van der Waals surface area contributed by atoms with Crippen LogP contribution in [0.5, 0.6) is 5.75 Å². The Morgan fingerprint density at radius 3 is 2.29 bits per heavy atom. The number of ether oxygens (including phenoxy) is 2. The largest absolute Gasteiger partial charge is 0.744 e. The molecule has 4 bridgehead atoms. The van der Waals surface area contributed by atoms with Crippen molar-refractivity contribution in [3.8, 4) is 5.75 Å². The molecule has 4 aliphatic heterocycles. The Kier molecular flexibility index (Phi) is 6.97. The zero-order chi connectivity index (χ0) is 31.3. The average Bonchev–Trinajstić information content (AvgIpc) is 3.82. The molecular weight excluding hydrogens is 613 g/mol. The predicted molar refractivity (Wildman–Crippen MR) is 167 cm³/mol. The molecule has 0 N–H and O–H groups in total. The van der Waals surface area contributed by atoms with Crippen molar-refractivity contribution in [2.75, 3.05) is 0 Å². The number of rotatable bonds is 7. The lowest BCUT2D eigenvalue weighted by atomic mass is 9.77. The molecule has 0 amide bonds. The van der Waals surface area contributed by atoms with Crippen molar-refractivity contribution in [3.05, 3.63) is 64.2 Å². The maximum atomic E-state index is 15.1. The summed E-state index contributed by atoms with van der Waals surface area (Å²) in [5.74, 6) is -0.206. The molecule has 8 rings (SSSR count). The van der Waals surface area contributed by atoms with E-state index in [-0.39, 0.29) is 45.7 Å². The highest BCUT2D eigenvalue weighted by molar-refractivity contribution is 7.87. The van der Waals surface area contributed by atoms with E-state index in [1.54, 1.807) is 0 Å². The van der Waals surface area contributed by atoms with E-state index in [1.165, 1.54) is 6.07 Å². The second-order valence-electron chi connectivity index (χ2n) is 14.0. The molecule has 0 saturated carbocycles. The first-order valence-electron chi connectivity index (χ1n) is 16.4. The van der Waals surface area contributed by atoms with Crippen LogP contribution in [0.4, 0.5) is 0 Å². The summed E-state index contributed by atoms with van der Waals surface area (Å²) >= 11 is 0. The van der Waals surface area contributed by atoms with Gasteiger partial charge in [-0.2, -0.15) is 8.42 Å². The van der Waals surface area contributed by atoms with E-state index in [1.807, 2.05) is 44.2 Å². The number of hydrogen-bond donors (Lipinski definition) is 0. The summed E-state index contributed by atoms with van der Waals surface area (Å²) in [4.78, 5) is -0.0724. The fraction of sp³-hybridized carbons (Fsp3) is 0.543. The molecule has 45 heavy (non-hydrogen) atoms. The van der Waals surface area contributed by atoms with E-state index in [0.29, 0.717) is 41.5 Å². The minimum atomic E-state index is -4.77. The van der Waals surface area contributed by atoms with E-state index in [2.05, 4.69) is 0 Å². The van der Waals surface area contributed by atoms with Crippen molar-refractivity contribution >= 4 is 31.0 Å². The van der Waals surface area contributed by atoms with Gasteiger partial charge in [0.2, 0.25) is 0 Å². The van der Waals surface area contributed by atoms with Gasteiger partial charge in [-0.1, -0.05) is 38.1 Å². The number of hydrogen-bond acceptors (Lipinski definition) is 8. The van der Waals surface area contributed by atoms with Gasteiger partial charge in [-0.25, -0.2) is 8.42 Å². The van der Waals surface area contributed by atoms with Crippen molar-refractivity contribution in [3.63, 3.8) is 0 Å². The van der Waals surface area contributed by atoms with Crippen LogP contribution >= 0.6 is 0 Å². The van der Waals surface area contributed by atoms with Gasteiger partial charge in [0.1, 0.15) is 20.8 Å². The lowest BCUT2D eigenvalue weighted by Crippen LogP contribution is -2.29. The SMILES string of the molecule is CC(C)c1cc(S(=O)(=O)[O-])c2c(c1OS(=O)(=O)c1c(C3CC4CCC3O4)cc3ccccc3c1C13CCC(CC1)O3)CCCC2. The lowest BCUT2D eigenvalue weighted by Gasteiger charge is -2.33. The Hall–Kier alpha value is -2.50. The molecule has 0 spiro atoms. The van der Waals surface area contributed by atoms with Crippen LogP contribution in [0.3, 0.4) is 0 Å². The van der Waals surface area contributed by atoms with E-state index in [4.69, 9.17) is 13.7 Å². The molecule has 4 heterocycles. The first kappa shape index (κ1) is 29.9. The van der Waals surface area contributed by atoms with Crippen LogP contribution in [0, 0.1) is 0 Å². The topological polar surface area (TPSA) is 119 Å². The summed E-state index contributed by atoms with van der Waals surface area (Å²) in [5.41, 5.74) is 2.01. The third-order valence-corrected chi connectivity index (χ3v) is 13.3. The summed E-state index contributed by atoms with van der Waals surface area (Å²) < 4.78 is 86.8. The molecule has 240 valence electrons. The zero-order valence-corrected chi connectivity index (χ0v) is 27.3. The van der Waals surface area contributed by atoms with E-state index < -0.39 is 25.8 Å². The summed E-state index contributed by atoms with van der Waals surface area (Å²) in [6, 6.07) is 11.3. The van der Waals surface area contributed by atoms with Gasteiger partial charge >= 0.3 is 10.1 Å². The first-order chi connectivity index (χ1) is 21.5. The van der Waals surface area contributed by atoms with Crippen LogP contribution in [0.25, 0.3) is 10.8 Å². The van der Waals surface area contributed by atoms with Gasteiger partial charge in [0, 0.05) is 22.6 Å². The predicted octanol–water partition coefficient (Wildman–Crippen LogP) is 6.72. The standard InChI is InChI=1S/C35H40O8S2/c1-20(2)27-19-31(44(36,37)38)25-9-5-6-10-26(25)33(27)43-45(39,40)34-29(28-18-23-11-12-30(28)41-23)17-21-7-3-4-8-24(21)32(34)35-15-13-22(42-35)14-16-35/h3-4,7-8,17,19-20,22-23,28,30H,5-6,9-16,18H2,1-2H3,(H,36,37,38)/p-1. The summed E-state index contributed by atoms with van der Waals surface area (Å²) in [6.07, 6.45) is 8.31. The molecule has 3 atom stereocenters. The van der Waals surface area contributed by atoms with Crippen LogP contribution in [0.15, 0.2) is 46.2 Å². The smallest absolute Gasteiger partial charge is 0.339 e. The Balaban J connectivity index is 1.39. The van der Waals surface area contributed by atoms with Crippen molar-refractivity contribution in [2.24, 2.45) is 0 Å². The van der Waals surface area contributed by atoms with Gasteiger partial charge < -0.3 is 18.2 Å². The van der Waals surface area contributed by atoms with Crippen molar-refractivity contribution in [2.45, 2.75) is 130 Å². The lowest BCUT2D eigenvalue weighted by molar-refractivity contribution is 0.00884. The van der Waals surface area contributed by atoms with Gasteiger partial charge in [0.05, 0.1) is 28.8 Å². The first-order valence-corrected chi connectivity index (χ1v) is 19.3. The number of benzene rings is 3. The highest BCUT2D eigenvalue weighted by Gasteiger charge is 2.53. The molecule has 3 unspecified atom stereocenters. The third-order valence-electron chi connectivity index (χ3n) is 11.0. The summed E-state index contributed by atoms with van der Waals surface area (Å²) in [5, 5.41) is 1.83. The molecule has 10 heteroatoms. The minimum absolute atomic E-state index is 0.0585. The Morgan fingerprint density at radius 1 is 0.933 bits per heavy atom. The molecule has 0 aromatic heterocycles. The zero-order valence-electron chi connectivity index (χ0n) is 25.7. The van der Waals surface area contributed by atoms with Crippen LogP contribution in [0.1, 0.15) is 111 Å².